The fraction of sp³-hybridized carbons (Fsp3) is 0.290. The molecule has 0 aliphatic heterocycles. The highest BCUT2D eigenvalue weighted by Gasteiger charge is 2.26. The number of carbonyl (C=O) groups excluding carboxylic acids is 2. The van der Waals surface area contributed by atoms with Crippen molar-refractivity contribution >= 4 is 33.2 Å². The van der Waals surface area contributed by atoms with Crippen LogP contribution in [0, 0.1) is 5.92 Å². The number of nitrogens with one attached hydrogen (secondary N) is 1. The number of carbonyl (C=O) groups is 3. The zero-order chi connectivity index (χ0) is 29.8. The Balaban J connectivity index is 1.60. The molecule has 3 aromatic rings. The predicted molar refractivity (Wildman–Crippen MR) is 157 cm³/mol. The number of hydrogen-bond acceptors (Lipinski definition) is 7. The van der Waals surface area contributed by atoms with Crippen molar-refractivity contribution in [1.82, 2.24) is 10.3 Å². The highest BCUT2D eigenvalue weighted by atomic mass is 32.2. The van der Waals surface area contributed by atoms with Gasteiger partial charge in [-0.05, 0) is 59.2 Å². The van der Waals surface area contributed by atoms with Gasteiger partial charge in [-0.1, -0.05) is 55.1 Å². The lowest BCUT2D eigenvalue weighted by atomic mass is 10.0. The van der Waals surface area contributed by atoms with Crippen LogP contribution in [0.2, 0.25) is 0 Å². The fourth-order valence-electron chi connectivity index (χ4n) is 4.32. The summed E-state index contributed by atoms with van der Waals surface area (Å²) in [5.41, 5.74) is 9.90. The van der Waals surface area contributed by atoms with Crippen molar-refractivity contribution in [2.75, 3.05) is 12.3 Å². The normalized spacial score (nSPS) is 11.9. The number of carboxylic acids is 1. The maximum Gasteiger partial charge on any atom is 0.307 e. The van der Waals surface area contributed by atoms with Gasteiger partial charge in [-0.2, -0.15) is 0 Å². The molecular formula is C31H35N3O6S. The van der Waals surface area contributed by atoms with E-state index in [1.165, 1.54) is 0 Å². The second kappa shape index (κ2) is 14.9. The van der Waals surface area contributed by atoms with Gasteiger partial charge in [-0.25, -0.2) is 8.42 Å². The molecule has 10 heteroatoms. The van der Waals surface area contributed by atoms with E-state index < -0.39 is 27.6 Å². The minimum atomic E-state index is -3.70. The molecule has 0 aliphatic carbocycles. The van der Waals surface area contributed by atoms with Crippen molar-refractivity contribution in [3.63, 3.8) is 0 Å². The highest BCUT2D eigenvalue weighted by Crippen LogP contribution is 2.17. The molecule has 216 valence electrons. The quantitative estimate of drug-likeness (QED) is 0.234. The zero-order valence-corrected chi connectivity index (χ0v) is 23.6. The number of sulfone groups is 1. The van der Waals surface area contributed by atoms with Crippen molar-refractivity contribution in [2.45, 2.75) is 37.9 Å². The summed E-state index contributed by atoms with van der Waals surface area (Å²) >= 11 is 0. The summed E-state index contributed by atoms with van der Waals surface area (Å²) in [4.78, 5) is 40.5. The first-order valence-corrected chi connectivity index (χ1v) is 15.0. The van der Waals surface area contributed by atoms with E-state index in [1.807, 2.05) is 36.4 Å². The zero-order valence-electron chi connectivity index (χ0n) is 22.8. The number of amides is 1. The average Bonchev–Trinajstić information content (AvgIpc) is 2.94. The minimum absolute atomic E-state index is 0.153. The van der Waals surface area contributed by atoms with E-state index in [0.29, 0.717) is 29.7 Å². The van der Waals surface area contributed by atoms with E-state index in [4.69, 9.17) is 10.8 Å². The van der Waals surface area contributed by atoms with Gasteiger partial charge in [0.15, 0.2) is 15.6 Å². The Hall–Kier alpha value is -4.31. The van der Waals surface area contributed by atoms with Crippen LogP contribution in [-0.4, -0.2) is 48.5 Å². The summed E-state index contributed by atoms with van der Waals surface area (Å²) in [7, 11) is -3.70. The third-order valence-electron chi connectivity index (χ3n) is 6.60. The van der Waals surface area contributed by atoms with Gasteiger partial charge in [0.1, 0.15) is 0 Å². The van der Waals surface area contributed by atoms with Gasteiger partial charge in [0, 0.05) is 24.5 Å². The molecule has 0 fully saturated rings. The maximum atomic E-state index is 13.1. The van der Waals surface area contributed by atoms with Gasteiger partial charge in [0.25, 0.3) is 0 Å². The van der Waals surface area contributed by atoms with E-state index in [1.54, 1.807) is 36.7 Å². The molecule has 1 heterocycles. The van der Waals surface area contributed by atoms with E-state index >= 15 is 0 Å². The van der Waals surface area contributed by atoms with Gasteiger partial charge < -0.3 is 16.2 Å². The first-order valence-electron chi connectivity index (χ1n) is 13.2. The first kappa shape index (κ1) is 31.2. The molecule has 0 radical (unpaired) electrons. The molecule has 1 atom stereocenters. The van der Waals surface area contributed by atoms with E-state index in [2.05, 4.69) is 16.9 Å². The number of aromatic nitrogens is 1. The Morgan fingerprint density at radius 2 is 1.46 bits per heavy atom. The Bertz CT molecular complexity index is 1450. The number of aliphatic carboxylic acids is 1. The second-order valence-electron chi connectivity index (χ2n) is 10.0. The summed E-state index contributed by atoms with van der Waals surface area (Å²) in [6, 6.07) is 17.4. The monoisotopic (exact) mass is 577 g/mol. The standard InChI is InChI=1S/C31H35N3O6S/c1-22(32)27-10-6-23(7-11-27)9-13-29(35)19-34-31(38)28(12-8-24-14-16-33-17-15-24)21-41(39,40)20-26-4-2-25(3-5-26)18-30(36)37/h2-7,10-11,14-17,28H,1,8-9,12-13,18-21,32H2,(H,34,38)(H,36,37). The molecule has 2 aromatic carbocycles. The molecule has 1 amide bonds. The van der Waals surface area contributed by atoms with Crippen molar-refractivity contribution in [3.8, 4) is 0 Å². The molecule has 0 bridgehead atoms. The lowest BCUT2D eigenvalue weighted by Crippen LogP contribution is -2.38. The van der Waals surface area contributed by atoms with Crippen LogP contribution in [0.3, 0.4) is 0 Å². The van der Waals surface area contributed by atoms with Crippen LogP contribution in [0.5, 0.6) is 0 Å². The van der Waals surface area contributed by atoms with E-state index in [0.717, 1.165) is 16.7 Å². The van der Waals surface area contributed by atoms with Crippen molar-refractivity contribution in [2.24, 2.45) is 11.7 Å². The molecular weight excluding hydrogens is 542 g/mol. The van der Waals surface area contributed by atoms with Crippen LogP contribution in [0.4, 0.5) is 0 Å². The third kappa shape index (κ3) is 11.0. The fourth-order valence-corrected chi connectivity index (χ4v) is 6.06. The number of rotatable bonds is 16. The molecule has 0 saturated heterocycles. The molecule has 1 unspecified atom stereocenters. The SMILES string of the molecule is C=C(N)c1ccc(CCC(=O)CNC(=O)C(CCc2ccncc2)CS(=O)(=O)Cc2ccc(CC(=O)O)cc2)cc1. The summed E-state index contributed by atoms with van der Waals surface area (Å²) in [6.07, 6.45) is 4.58. The van der Waals surface area contributed by atoms with Gasteiger partial charge in [0.2, 0.25) is 5.91 Å². The van der Waals surface area contributed by atoms with Gasteiger partial charge >= 0.3 is 5.97 Å². The molecule has 41 heavy (non-hydrogen) atoms. The van der Waals surface area contributed by atoms with Gasteiger partial charge in [-0.15, -0.1) is 0 Å². The molecule has 0 aliphatic rings. The number of nitrogens with zero attached hydrogens (tertiary/aromatic N) is 1. The molecule has 9 nitrogen and oxygen atoms in total. The highest BCUT2D eigenvalue weighted by molar-refractivity contribution is 7.90. The van der Waals surface area contributed by atoms with E-state index in [-0.39, 0.29) is 43.1 Å². The maximum absolute atomic E-state index is 13.1. The van der Waals surface area contributed by atoms with Crippen molar-refractivity contribution in [3.05, 3.63) is 107 Å². The minimum Gasteiger partial charge on any atom is -0.481 e. The molecule has 0 spiro atoms. The number of pyridine rings is 1. The van der Waals surface area contributed by atoms with Crippen molar-refractivity contribution in [1.29, 1.82) is 0 Å². The Labute approximate surface area is 240 Å². The van der Waals surface area contributed by atoms with Crippen LogP contribution in [0.15, 0.2) is 79.6 Å². The third-order valence-corrected chi connectivity index (χ3v) is 8.28. The van der Waals surface area contributed by atoms with Crippen LogP contribution in [0.1, 0.15) is 40.7 Å². The Morgan fingerprint density at radius 1 is 0.878 bits per heavy atom. The number of carboxylic acid groups (broad SMARTS) is 1. The van der Waals surface area contributed by atoms with Gasteiger partial charge in [-0.3, -0.25) is 19.4 Å². The number of nitrogens with two attached hydrogens (primary N) is 1. The van der Waals surface area contributed by atoms with Crippen LogP contribution in [0.25, 0.3) is 5.70 Å². The lowest BCUT2D eigenvalue weighted by molar-refractivity contribution is -0.136. The summed E-state index contributed by atoms with van der Waals surface area (Å²) in [5.74, 6) is -3.15. The number of Topliss-reactive ketones (excluding diaryl/α,β-unsaturated/α-hetero) is 1. The average molecular weight is 578 g/mol. The van der Waals surface area contributed by atoms with Crippen molar-refractivity contribution < 1.29 is 27.9 Å². The van der Waals surface area contributed by atoms with E-state index in [9.17, 15) is 22.8 Å². The summed E-state index contributed by atoms with van der Waals surface area (Å²) in [6.45, 7) is 3.51. The van der Waals surface area contributed by atoms with Crippen LogP contribution < -0.4 is 11.1 Å². The molecule has 4 N–H and O–H groups in total. The van der Waals surface area contributed by atoms with Crippen LogP contribution >= 0.6 is 0 Å². The second-order valence-corrected chi connectivity index (χ2v) is 12.1. The van der Waals surface area contributed by atoms with Crippen LogP contribution in [-0.2, 0) is 49.2 Å². The molecule has 1 aromatic heterocycles. The largest absolute Gasteiger partial charge is 0.481 e. The number of benzene rings is 2. The predicted octanol–water partition coefficient (Wildman–Crippen LogP) is 3.12. The smallest absolute Gasteiger partial charge is 0.307 e. The Morgan fingerprint density at radius 3 is 2.07 bits per heavy atom. The Kier molecular flexibility index (Phi) is 11.3. The summed E-state index contributed by atoms with van der Waals surface area (Å²) in [5, 5.41) is 11.6. The first-order chi connectivity index (χ1) is 19.5. The molecule has 0 saturated carbocycles. The molecule has 3 rings (SSSR count). The summed E-state index contributed by atoms with van der Waals surface area (Å²) < 4.78 is 26.2. The van der Waals surface area contributed by atoms with Gasteiger partial charge in [0.05, 0.1) is 30.4 Å². The topological polar surface area (TPSA) is 157 Å². The lowest BCUT2D eigenvalue weighted by Gasteiger charge is -2.17. The number of aryl methyl sites for hydroxylation is 2. The number of hydrogen-bond donors (Lipinski definition) is 3. The number of ketones is 1.